The lowest BCUT2D eigenvalue weighted by molar-refractivity contribution is 0.0851. The van der Waals surface area contributed by atoms with Gasteiger partial charge in [0.15, 0.2) is 14.9 Å². The van der Waals surface area contributed by atoms with Gasteiger partial charge < -0.3 is 15.0 Å². The third kappa shape index (κ3) is 4.46. The van der Waals surface area contributed by atoms with Crippen LogP contribution in [0.4, 0.5) is 5.69 Å². The van der Waals surface area contributed by atoms with Gasteiger partial charge in [-0.05, 0) is 56.1 Å². The highest BCUT2D eigenvalue weighted by atomic mass is 32.2. The summed E-state index contributed by atoms with van der Waals surface area (Å²) < 4.78 is 29.5. The van der Waals surface area contributed by atoms with E-state index in [9.17, 15) is 8.42 Å². The van der Waals surface area contributed by atoms with E-state index >= 15 is 0 Å². The van der Waals surface area contributed by atoms with E-state index in [0.717, 1.165) is 30.7 Å². The van der Waals surface area contributed by atoms with E-state index in [1.165, 1.54) is 0 Å². The number of anilines is 1. The highest BCUT2D eigenvalue weighted by Gasteiger charge is 2.35. The van der Waals surface area contributed by atoms with Crippen molar-refractivity contribution < 1.29 is 13.2 Å². The van der Waals surface area contributed by atoms with Crippen molar-refractivity contribution in [2.75, 3.05) is 30.0 Å². The molecule has 2 aliphatic heterocycles. The number of aryl methyl sites for hydroxylation is 1. The van der Waals surface area contributed by atoms with E-state index in [0.29, 0.717) is 18.1 Å². The van der Waals surface area contributed by atoms with Gasteiger partial charge in [0.2, 0.25) is 0 Å². The lowest BCUT2D eigenvalue weighted by Crippen LogP contribution is -2.47. The fourth-order valence-corrected chi connectivity index (χ4v) is 5.42. The summed E-state index contributed by atoms with van der Waals surface area (Å²) in [5.41, 5.74) is 2.08. The Hall–Kier alpha value is -1.18. The van der Waals surface area contributed by atoms with Gasteiger partial charge in [-0.3, -0.25) is 0 Å². The molecule has 0 saturated carbocycles. The predicted molar refractivity (Wildman–Crippen MR) is 100 cm³/mol. The topological polar surface area (TPSA) is 58.6 Å². The van der Waals surface area contributed by atoms with Gasteiger partial charge in [0.1, 0.15) is 0 Å². The summed E-state index contributed by atoms with van der Waals surface area (Å²) in [7, 11) is -2.96. The Labute approximate surface area is 149 Å². The second-order valence-electron chi connectivity index (χ2n) is 6.64. The molecule has 2 aliphatic rings. The molecule has 2 fully saturated rings. The number of benzene rings is 1. The largest absolute Gasteiger partial charge is 0.376 e. The molecule has 2 heterocycles. The van der Waals surface area contributed by atoms with E-state index in [1.54, 1.807) is 0 Å². The Balaban J connectivity index is 1.73. The molecule has 24 heavy (non-hydrogen) atoms. The summed E-state index contributed by atoms with van der Waals surface area (Å²) in [4.78, 5) is 2.03. The van der Waals surface area contributed by atoms with E-state index in [1.807, 2.05) is 36.1 Å². The Bertz CT molecular complexity index is 700. The van der Waals surface area contributed by atoms with E-state index in [4.69, 9.17) is 17.0 Å². The standard InChI is InChI=1S/C17H24N2O3S2/c1-13-4-2-5-14(10-13)18-17(23)19(11-16-6-3-8-22-16)15-7-9-24(20,21)12-15/h2,4-5,10,15-16H,3,6-9,11-12H2,1H3,(H,18,23)/t15-,16-/m0/s1. The summed E-state index contributed by atoms with van der Waals surface area (Å²) in [5.74, 6) is 0.419. The lowest BCUT2D eigenvalue weighted by Gasteiger charge is -2.33. The van der Waals surface area contributed by atoms with Gasteiger partial charge in [-0.25, -0.2) is 8.42 Å². The van der Waals surface area contributed by atoms with Crippen molar-refractivity contribution in [1.29, 1.82) is 0 Å². The molecule has 0 aliphatic carbocycles. The molecule has 0 amide bonds. The highest BCUT2D eigenvalue weighted by molar-refractivity contribution is 7.91. The van der Waals surface area contributed by atoms with Gasteiger partial charge in [-0.1, -0.05) is 12.1 Å². The highest BCUT2D eigenvalue weighted by Crippen LogP contribution is 2.22. The van der Waals surface area contributed by atoms with Crippen molar-refractivity contribution >= 4 is 32.9 Å². The second kappa shape index (κ2) is 7.37. The molecular formula is C17H24N2O3S2. The SMILES string of the molecule is Cc1cccc(NC(=S)N(C[C@@H]2CCCO2)[C@H]2CCS(=O)(=O)C2)c1. The Morgan fingerprint density at radius 1 is 1.42 bits per heavy atom. The fourth-order valence-electron chi connectivity index (χ4n) is 3.34. The van der Waals surface area contributed by atoms with Gasteiger partial charge in [-0.2, -0.15) is 0 Å². The first-order chi connectivity index (χ1) is 11.4. The quantitative estimate of drug-likeness (QED) is 0.824. The molecule has 0 unspecified atom stereocenters. The summed E-state index contributed by atoms with van der Waals surface area (Å²) in [6, 6.07) is 7.94. The maximum atomic E-state index is 11.9. The summed E-state index contributed by atoms with van der Waals surface area (Å²) in [6.45, 7) is 3.46. The molecule has 132 valence electrons. The van der Waals surface area contributed by atoms with Crippen molar-refractivity contribution in [2.45, 2.75) is 38.3 Å². The zero-order valence-electron chi connectivity index (χ0n) is 13.9. The van der Waals surface area contributed by atoms with Gasteiger partial charge in [-0.15, -0.1) is 0 Å². The van der Waals surface area contributed by atoms with Crippen LogP contribution in [0.5, 0.6) is 0 Å². The number of sulfone groups is 1. The van der Waals surface area contributed by atoms with Crippen LogP contribution in [0, 0.1) is 6.92 Å². The number of ether oxygens (including phenoxy) is 1. The number of rotatable bonds is 4. The van der Waals surface area contributed by atoms with Crippen LogP contribution in [-0.4, -0.2) is 55.2 Å². The molecule has 0 spiro atoms. The molecule has 0 radical (unpaired) electrons. The van der Waals surface area contributed by atoms with Gasteiger partial charge in [0.05, 0.1) is 17.6 Å². The first-order valence-corrected chi connectivity index (χ1v) is 10.6. The minimum atomic E-state index is -2.96. The van der Waals surface area contributed by atoms with E-state index in [2.05, 4.69) is 5.32 Å². The Morgan fingerprint density at radius 3 is 2.88 bits per heavy atom. The van der Waals surface area contributed by atoms with Crippen LogP contribution in [0.25, 0.3) is 0 Å². The molecule has 5 nitrogen and oxygen atoms in total. The average Bonchev–Trinajstić information content (AvgIpc) is 3.14. The maximum Gasteiger partial charge on any atom is 0.173 e. The zero-order valence-corrected chi connectivity index (χ0v) is 15.5. The van der Waals surface area contributed by atoms with Gasteiger partial charge >= 0.3 is 0 Å². The van der Waals surface area contributed by atoms with Crippen molar-refractivity contribution in [3.8, 4) is 0 Å². The van der Waals surface area contributed by atoms with Crippen molar-refractivity contribution in [2.24, 2.45) is 0 Å². The summed E-state index contributed by atoms with van der Waals surface area (Å²) in [6.07, 6.45) is 2.82. The Morgan fingerprint density at radius 2 is 2.25 bits per heavy atom. The summed E-state index contributed by atoms with van der Waals surface area (Å²) in [5, 5.41) is 3.85. The van der Waals surface area contributed by atoms with Crippen LogP contribution in [0.15, 0.2) is 24.3 Å². The van der Waals surface area contributed by atoms with Crippen LogP contribution in [-0.2, 0) is 14.6 Å². The third-order valence-corrected chi connectivity index (χ3v) is 6.69. The first kappa shape index (κ1) is 17.6. The molecule has 1 aromatic carbocycles. The average molecular weight is 369 g/mol. The lowest BCUT2D eigenvalue weighted by atomic mass is 10.1. The molecule has 7 heteroatoms. The van der Waals surface area contributed by atoms with Crippen LogP contribution in [0.3, 0.4) is 0 Å². The number of nitrogens with zero attached hydrogens (tertiary/aromatic N) is 1. The minimum Gasteiger partial charge on any atom is -0.376 e. The number of hydrogen-bond donors (Lipinski definition) is 1. The van der Waals surface area contributed by atoms with Crippen LogP contribution >= 0.6 is 12.2 Å². The van der Waals surface area contributed by atoms with E-state index in [-0.39, 0.29) is 23.7 Å². The predicted octanol–water partition coefficient (Wildman–Crippen LogP) is 2.36. The van der Waals surface area contributed by atoms with Crippen molar-refractivity contribution in [3.63, 3.8) is 0 Å². The molecule has 0 bridgehead atoms. The monoisotopic (exact) mass is 368 g/mol. The molecule has 3 rings (SSSR count). The third-order valence-electron chi connectivity index (χ3n) is 4.60. The van der Waals surface area contributed by atoms with Gasteiger partial charge in [0, 0.05) is 24.9 Å². The Kier molecular flexibility index (Phi) is 5.42. The maximum absolute atomic E-state index is 11.9. The summed E-state index contributed by atoms with van der Waals surface area (Å²) >= 11 is 5.61. The first-order valence-electron chi connectivity index (χ1n) is 8.39. The van der Waals surface area contributed by atoms with Crippen LogP contribution in [0.1, 0.15) is 24.8 Å². The smallest absolute Gasteiger partial charge is 0.173 e. The molecule has 2 atom stereocenters. The minimum absolute atomic E-state index is 0.0657. The van der Waals surface area contributed by atoms with Crippen LogP contribution in [0.2, 0.25) is 0 Å². The normalized spacial score (nSPS) is 25.5. The van der Waals surface area contributed by atoms with Gasteiger partial charge in [0.25, 0.3) is 0 Å². The molecule has 1 N–H and O–H groups in total. The van der Waals surface area contributed by atoms with Crippen molar-refractivity contribution in [1.82, 2.24) is 4.90 Å². The van der Waals surface area contributed by atoms with Crippen molar-refractivity contribution in [3.05, 3.63) is 29.8 Å². The number of thiocarbonyl (C=S) groups is 1. The molecule has 1 aromatic rings. The zero-order chi connectivity index (χ0) is 17.2. The fraction of sp³-hybridized carbons (Fsp3) is 0.588. The number of hydrogen-bond acceptors (Lipinski definition) is 4. The van der Waals surface area contributed by atoms with E-state index < -0.39 is 9.84 Å². The second-order valence-corrected chi connectivity index (χ2v) is 9.26. The molecule has 2 saturated heterocycles. The molecule has 0 aromatic heterocycles. The molecular weight excluding hydrogens is 344 g/mol. The number of nitrogens with one attached hydrogen (secondary N) is 1. The van der Waals surface area contributed by atoms with Crippen LogP contribution < -0.4 is 5.32 Å².